The molecule has 0 bridgehead atoms. The molecule has 1 aromatic rings. The number of rotatable bonds is 4. The van der Waals surface area contributed by atoms with E-state index in [9.17, 15) is 0 Å². The molecule has 4 heteroatoms. The Kier molecular flexibility index (Phi) is 8.41. The van der Waals surface area contributed by atoms with Crippen LogP contribution in [0.2, 0.25) is 4.63 Å². The maximum absolute atomic E-state index is 2.74. The van der Waals surface area contributed by atoms with E-state index in [0.717, 1.165) is 0 Å². The quantitative estimate of drug-likeness (QED) is 0.494. The van der Waals surface area contributed by atoms with Crippen molar-refractivity contribution in [3.63, 3.8) is 0 Å². The number of benzene rings is 1. The molecule has 0 spiro atoms. The Morgan fingerprint density at radius 2 is 1.20 bits per heavy atom. The Morgan fingerprint density at radius 1 is 0.760 bits per heavy atom. The van der Waals surface area contributed by atoms with E-state index in [1.807, 2.05) is 6.56 Å². The van der Waals surface area contributed by atoms with E-state index in [2.05, 4.69) is 74.8 Å². The summed E-state index contributed by atoms with van der Waals surface area (Å²) in [7, 11) is 0. The van der Waals surface area contributed by atoms with Crippen molar-refractivity contribution in [1.29, 1.82) is 0 Å². The van der Waals surface area contributed by atoms with Crippen LogP contribution in [0.15, 0.2) is 71.3 Å². The van der Waals surface area contributed by atoms with E-state index in [4.69, 9.17) is 0 Å². The molecule has 0 nitrogen and oxygen atoms in total. The van der Waals surface area contributed by atoms with E-state index in [1.165, 1.54) is 24.0 Å². The first-order valence-electron chi connectivity index (χ1n) is 8.72. The molecule has 2 aliphatic carbocycles. The van der Waals surface area contributed by atoms with Gasteiger partial charge in [0, 0.05) is 0 Å². The van der Waals surface area contributed by atoms with Gasteiger partial charge in [0.25, 0.3) is 0 Å². The molecule has 25 heavy (non-hydrogen) atoms. The molecule has 0 saturated heterocycles. The minimum Gasteiger partial charge on any atom is -0.147 e. The summed E-state index contributed by atoms with van der Waals surface area (Å²) in [5, 5.41) is 1.67. The van der Waals surface area contributed by atoms with Crippen LogP contribution in [-0.2, 0) is 19.4 Å². The summed E-state index contributed by atoms with van der Waals surface area (Å²) in [5.74, 6) is 0. The molecule has 0 heterocycles. The third-order valence-electron chi connectivity index (χ3n) is 6.05. The average Bonchev–Trinajstić information content (AvgIpc) is 3.05. The monoisotopic (exact) mass is 470 g/mol. The van der Waals surface area contributed by atoms with Crippen LogP contribution < -0.4 is 5.19 Å². The van der Waals surface area contributed by atoms with Gasteiger partial charge in [0.05, 0.1) is 0 Å². The van der Waals surface area contributed by atoms with E-state index < -0.39 is 19.4 Å². The molecule has 0 radical (unpaired) electrons. The van der Waals surface area contributed by atoms with E-state index >= 15 is 0 Å². The Labute approximate surface area is 171 Å². The summed E-state index contributed by atoms with van der Waals surface area (Å²) in [6.07, 6.45) is 7.43. The summed E-state index contributed by atoms with van der Waals surface area (Å²) in [6.45, 7) is 9.14. The van der Waals surface area contributed by atoms with Gasteiger partial charge in [-0.2, -0.15) is 0 Å². The molecular weight excluding hydrogens is 442 g/mol. The summed E-state index contributed by atoms with van der Waals surface area (Å²) in [4.78, 5) is 0. The second-order valence-corrected chi connectivity index (χ2v) is 29.0. The van der Waals surface area contributed by atoms with Crippen molar-refractivity contribution >= 4 is 36.6 Å². The average molecular weight is 473 g/mol. The van der Waals surface area contributed by atoms with Crippen molar-refractivity contribution < 1.29 is 19.4 Å². The first-order valence-corrected chi connectivity index (χ1v) is 20.3. The summed E-state index contributed by atoms with van der Waals surface area (Å²) < 4.78 is 6.53. The third kappa shape index (κ3) is 4.41. The van der Waals surface area contributed by atoms with Crippen LogP contribution in [0.3, 0.4) is 0 Å². The van der Waals surface area contributed by atoms with Gasteiger partial charge in [0.15, 0.2) is 0 Å². The van der Waals surface area contributed by atoms with Gasteiger partial charge in [-0.3, -0.25) is 0 Å². The standard InChI is InChI=1S/2C7H9.C6H7Si.CH3.2ClH.Zr/c2*1-6-4-3-5-7(6)2;7-6-4-2-1-3-5-6;;;;/h2*4H,3H2,1-2H3;1-5H,7H2;1H3;2*1H;. The zero-order valence-electron chi connectivity index (χ0n) is 16.0. The van der Waals surface area contributed by atoms with Gasteiger partial charge in [-0.05, 0) is 0 Å². The summed E-state index contributed by atoms with van der Waals surface area (Å²) in [6, 6.07) is 11.4. The number of hydrogen-bond donors (Lipinski definition) is 0. The molecule has 3 rings (SSSR count). The first kappa shape index (κ1) is 22.9. The first-order chi connectivity index (χ1) is 10.9. The van der Waals surface area contributed by atoms with Gasteiger partial charge in [0.2, 0.25) is 0 Å². The SMILES string of the molecule is CC1=CC[C]([Zr]([CH3])([SiH2]c2ccccc2)[C]2=C(C)C(C)=CC2)=C1C.Cl.Cl. The Morgan fingerprint density at radius 3 is 1.56 bits per heavy atom. The maximum Gasteiger partial charge on any atom is -0.147 e. The predicted molar refractivity (Wildman–Crippen MR) is 117 cm³/mol. The fraction of sp³-hybridized carbons (Fsp3) is 0.333. The molecule has 0 saturated carbocycles. The molecule has 0 amide bonds. The van der Waals surface area contributed by atoms with Gasteiger partial charge in [0.1, 0.15) is 0 Å². The van der Waals surface area contributed by atoms with Crippen LogP contribution in [0.1, 0.15) is 40.5 Å². The molecule has 0 aromatic heterocycles. The second-order valence-electron chi connectivity index (χ2n) is 7.38. The van der Waals surface area contributed by atoms with Crippen molar-refractivity contribution in [2.24, 2.45) is 0 Å². The Balaban J connectivity index is 0.00000156. The number of halogens is 2. The zero-order valence-corrected chi connectivity index (χ0v) is 21.5. The van der Waals surface area contributed by atoms with Crippen molar-refractivity contribution in [2.45, 2.75) is 45.2 Å². The largest absolute Gasteiger partial charge is 0.147 e. The topological polar surface area (TPSA) is 0 Å². The van der Waals surface area contributed by atoms with Gasteiger partial charge in [-0.1, -0.05) is 0 Å². The minimum absolute atomic E-state index is 0. The van der Waals surface area contributed by atoms with E-state index in [1.54, 1.807) is 16.3 Å². The molecule has 0 fully saturated rings. The molecule has 0 atom stereocenters. The molecule has 2 aliphatic rings. The third-order valence-corrected chi connectivity index (χ3v) is 30.3. The Hall–Kier alpha value is -0.140. The summed E-state index contributed by atoms with van der Waals surface area (Å²) in [5.41, 5.74) is 6.34. The van der Waals surface area contributed by atoms with Gasteiger partial charge >= 0.3 is 148 Å². The minimum atomic E-state index is -2.46. The smallest absolute Gasteiger partial charge is 0.147 e. The second kappa shape index (κ2) is 9.18. The van der Waals surface area contributed by atoms with Gasteiger partial charge in [-0.25, -0.2) is 0 Å². The number of hydrogen-bond acceptors (Lipinski definition) is 0. The van der Waals surface area contributed by atoms with Crippen LogP contribution in [-0.4, -0.2) is 6.65 Å². The molecular formula is C21H30Cl2SiZr. The molecule has 1 aromatic carbocycles. The van der Waals surface area contributed by atoms with Crippen molar-refractivity contribution in [1.82, 2.24) is 0 Å². The predicted octanol–water partition coefficient (Wildman–Crippen LogP) is 5.69. The van der Waals surface area contributed by atoms with Crippen LogP contribution in [0.4, 0.5) is 0 Å². The molecule has 0 aliphatic heterocycles. The fourth-order valence-corrected chi connectivity index (χ4v) is 30.4. The van der Waals surface area contributed by atoms with Crippen LogP contribution >= 0.6 is 24.8 Å². The fourth-order valence-electron chi connectivity index (χ4n) is 4.28. The number of allylic oxidation sites excluding steroid dienone is 8. The molecule has 0 N–H and O–H groups in total. The summed E-state index contributed by atoms with van der Waals surface area (Å²) >= 11 is -2.46. The Bertz CT molecular complexity index is 715. The van der Waals surface area contributed by atoms with E-state index in [0.29, 0.717) is 0 Å². The van der Waals surface area contributed by atoms with Crippen molar-refractivity contribution in [2.75, 3.05) is 0 Å². The van der Waals surface area contributed by atoms with Crippen molar-refractivity contribution in [3.8, 4) is 0 Å². The van der Waals surface area contributed by atoms with Gasteiger partial charge in [-0.15, -0.1) is 24.8 Å². The normalized spacial score (nSPS) is 17.6. The van der Waals surface area contributed by atoms with Crippen LogP contribution in [0.5, 0.6) is 0 Å². The van der Waals surface area contributed by atoms with Crippen LogP contribution in [0.25, 0.3) is 0 Å². The zero-order chi connectivity index (χ0) is 16.6. The van der Waals surface area contributed by atoms with Crippen molar-refractivity contribution in [3.05, 3.63) is 71.3 Å². The molecule has 0 unspecified atom stereocenters. The maximum atomic E-state index is 2.74. The van der Waals surface area contributed by atoms with Gasteiger partial charge < -0.3 is 0 Å². The molecule has 136 valence electrons. The van der Waals surface area contributed by atoms with E-state index in [-0.39, 0.29) is 31.5 Å². The van der Waals surface area contributed by atoms with Crippen LogP contribution in [0, 0.1) is 0 Å².